The van der Waals surface area contributed by atoms with E-state index in [0.29, 0.717) is 0 Å². The third-order valence-corrected chi connectivity index (χ3v) is 4.12. The number of rotatable bonds is 5. The number of nitrogens with zero attached hydrogens (tertiary/aromatic N) is 2. The Morgan fingerprint density at radius 2 is 2.09 bits per heavy atom. The molecule has 0 bridgehead atoms. The van der Waals surface area contributed by atoms with Gasteiger partial charge in [-0.2, -0.15) is 5.10 Å². The Bertz CT molecular complexity index is 806. The van der Waals surface area contributed by atoms with Crippen LogP contribution in [0.1, 0.15) is 17.6 Å². The number of thiazole rings is 1. The van der Waals surface area contributed by atoms with Crippen LogP contribution < -0.4 is 5.43 Å². The number of carbonyl (C=O) groups is 1. The van der Waals surface area contributed by atoms with Crippen molar-refractivity contribution in [2.75, 3.05) is 0 Å². The van der Waals surface area contributed by atoms with Crippen LogP contribution in [0.4, 0.5) is 0 Å². The number of amides is 1. The second-order valence-electron chi connectivity index (χ2n) is 4.99. The number of hydrazone groups is 1. The Hall–Kier alpha value is -2.73. The highest BCUT2D eigenvalue weighted by Gasteiger charge is 2.09. The third kappa shape index (κ3) is 3.92. The fraction of sp³-hybridized carbons (Fsp3) is 0.118. The van der Waals surface area contributed by atoms with E-state index in [2.05, 4.69) is 20.5 Å². The SMILES string of the molecule is CC(=NNC(=O)Cc1nc(-c2ccccc2)cs1)c1ccc[nH]1. The molecule has 23 heavy (non-hydrogen) atoms. The zero-order chi connectivity index (χ0) is 16.1. The Morgan fingerprint density at radius 3 is 2.83 bits per heavy atom. The molecule has 0 aliphatic carbocycles. The summed E-state index contributed by atoms with van der Waals surface area (Å²) in [4.78, 5) is 19.5. The lowest BCUT2D eigenvalue weighted by atomic mass is 10.2. The van der Waals surface area contributed by atoms with Gasteiger partial charge in [-0.05, 0) is 19.1 Å². The van der Waals surface area contributed by atoms with Gasteiger partial charge >= 0.3 is 0 Å². The molecule has 3 rings (SSSR count). The minimum absolute atomic E-state index is 0.176. The fourth-order valence-corrected chi connectivity index (χ4v) is 2.87. The van der Waals surface area contributed by atoms with Crippen LogP contribution >= 0.6 is 11.3 Å². The molecule has 0 spiro atoms. The monoisotopic (exact) mass is 324 g/mol. The third-order valence-electron chi connectivity index (χ3n) is 3.27. The lowest BCUT2D eigenvalue weighted by Crippen LogP contribution is -2.21. The maximum absolute atomic E-state index is 12.0. The molecule has 1 amide bonds. The molecule has 0 aliphatic heterocycles. The number of hydrogen-bond acceptors (Lipinski definition) is 4. The Balaban J connectivity index is 1.60. The predicted molar refractivity (Wildman–Crippen MR) is 92.4 cm³/mol. The van der Waals surface area contributed by atoms with Crippen molar-refractivity contribution in [1.82, 2.24) is 15.4 Å². The number of aromatic amines is 1. The van der Waals surface area contributed by atoms with Gasteiger partial charge in [0.25, 0.3) is 0 Å². The second kappa shape index (κ2) is 7.02. The molecule has 0 fully saturated rings. The topological polar surface area (TPSA) is 70.1 Å². The Labute approximate surface area is 138 Å². The number of nitrogens with one attached hydrogen (secondary N) is 2. The summed E-state index contributed by atoms with van der Waals surface area (Å²) in [6, 6.07) is 13.7. The zero-order valence-electron chi connectivity index (χ0n) is 12.6. The number of hydrogen-bond donors (Lipinski definition) is 2. The van der Waals surface area contributed by atoms with E-state index >= 15 is 0 Å². The van der Waals surface area contributed by atoms with Crippen molar-refractivity contribution < 1.29 is 4.79 Å². The summed E-state index contributed by atoms with van der Waals surface area (Å²) in [5, 5.41) is 6.83. The summed E-state index contributed by atoms with van der Waals surface area (Å²) in [5.41, 5.74) is 6.12. The molecule has 0 aliphatic rings. The van der Waals surface area contributed by atoms with Crippen molar-refractivity contribution in [1.29, 1.82) is 0 Å². The summed E-state index contributed by atoms with van der Waals surface area (Å²) >= 11 is 1.48. The maximum Gasteiger partial charge on any atom is 0.246 e. The standard InChI is InChI=1S/C17H16N4OS/c1-12(14-8-5-9-18-14)20-21-16(22)10-17-19-15(11-23-17)13-6-3-2-4-7-13/h2-9,11,18H,10H2,1H3,(H,21,22). The van der Waals surface area contributed by atoms with Gasteiger partial charge in [0, 0.05) is 17.1 Å². The highest BCUT2D eigenvalue weighted by molar-refractivity contribution is 7.10. The van der Waals surface area contributed by atoms with Crippen molar-refractivity contribution in [2.45, 2.75) is 13.3 Å². The van der Waals surface area contributed by atoms with Crippen molar-refractivity contribution in [3.8, 4) is 11.3 Å². The number of carbonyl (C=O) groups excluding carboxylic acids is 1. The van der Waals surface area contributed by atoms with Crippen molar-refractivity contribution in [2.24, 2.45) is 5.10 Å². The van der Waals surface area contributed by atoms with Crippen LogP contribution in [0.2, 0.25) is 0 Å². The minimum atomic E-state index is -0.176. The number of H-pyrrole nitrogens is 1. The molecule has 116 valence electrons. The zero-order valence-corrected chi connectivity index (χ0v) is 13.4. The summed E-state index contributed by atoms with van der Waals surface area (Å²) < 4.78 is 0. The molecule has 3 aromatic rings. The van der Waals surface area contributed by atoms with Gasteiger partial charge in [0.05, 0.1) is 23.5 Å². The van der Waals surface area contributed by atoms with Gasteiger partial charge in [-0.3, -0.25) is 4.79 Å². The minimum Gasteiger partial charge on any atom is -0.360 e. The lowest BCUT2D eigenvalue weighted by Gasteiger charge is -2.00. The van der Waals surface area contributed by atoms with E-state index in [9.17, 15) is 4.79 Å². The van der Waals surface area contributed by atoms with Gasteiger partial charge in [-0.15, -0.1) is 11.3 Å². The van der Waals surface area contributed by atoms with Crippen LogP contribution in [0.3, 0.4) is 0 Å². The van der Waals surface area contributed by atoms with E-state index < -0.39 is 0 Å². The molecule has 5 nitrogen and oxygen atoms in total. The predicted octanol–water partition coefficient (Wildman–Crippen LogP) is 3.22. The molecule has 2 N–H and O–H groups in total. The van der Waals surface area contributed by atoms with E-state index in [4.69, 9.17) is 0 Å². The molecule has 6 heteroatoms. The van der Waals surface area contributed by atoms with Crippen molar-refractivity contribution in [3.63, 3.8) is 0 Å². The van der Waals surface area contributed by atoms with E-state index in [1.165, 1.54) is 11.3 Å². The first-order valence-electron chi connectivity index (χ1n) is 7.19. The smallest absolute Gasteiger partial charge is 0.246 e. The quantitative estimate of drug-likeness (QED) is 0.559. The Morgan fingerprint density at radius 1 is 1.26 bits per heavy atom. The molecule has 2 heterocycles. The highest BCUT2D eigenvalue weighted by Crippen LogP contribution is 2.21. The van der Waals surface area contributed by atoms with Gasteiger partial charge in [0.1, 0.15) is 5.01 Å². The first-order valence-corrected chi connectivity index (χ1v) is 8.07. The number of aromatic nitrogens is 2. The van der Waals surface area contributed by atoms with E-state index in [-0.39, 0.29) is 12.3 Å². The van der Waals surface area contributed by atoms with Crippen LogP contribution in [0.15, 0.2) is 59.1 Å². The molecule has 0 saturated carbocycles. The van der Waals surface area contributed by atoms with Crippen LogP contribution in [0.25, 0.3) is 11.3 Å². The first-order chi connectivity index (χ1) is 11.2. The average molecular weight is 324 g/mol. The Kier molecular flexibility index (Phi) is 4.63. The van der Waals surface area contributed by atoms with Crippen LogP contribution in [0, 0.1) is 0 Å². The van der Waals surface area contributed by atoms with Gasteiger partial charge < -0.3 is 4.98 Å². The summed E-state index contributed by atoms with van der Waals surface area (Å²) in [5.74, 6) is -0.176. The van der Waals surface area contributed by atoms with Crippen LogP contribution in [-0.2, 0) is 11.2 Å². The molecule has 0 radical (unpaired) electrons. The average Bonchev–Trinajstić information content (AvgIpc) is 3.25. The van der Waals surface area contributed by atoms with Gasteiger partial charge in [-0.25, -0.2) is 10.4 Å². The summed E-state index contributed by atoms with van der Waals surface area (Å²) in [7, 11) is 0. The molecular weight excluding hydrogens is 308 g/mol. The van der Waals surface area contributed by atoms with E-state index in [1.54, 1.807) is 0 Å². The van der Waals surface area contributed by atoms with Crippen molar-refractivity contribution in [3.05, 3.63) is 64.7 Å². The van der Waals surface area contributed by atoms with E-state index in [1.807, 2.05) is 61.0 Å². The van der Waals surface area contributed by atoms with Gasteiger partial charge in [0.2, 0.25) is 5.91 Å². The molecular formula is C17H16N4OS. The first kappa shape index (κ1) is 15.2. The number of benzene rings is 1. The summed E-state index contributed by atoms with van der Waals surface area (Å²) in [6.07, 6.45) is 2.04. The molecule has 0 unspecified atom stereocenters. The van der Waals surface area contributed by atoms with Crippen LogP contribution in [-0.4, -0.2) is 21.6 Å². The molecule has 0 saturated heterocycles. The van der Waals surface area contributed by atoms with Crippen molar-refractivity contribution >= 4 is 23.0 Å². The van der Waals surface area contributed by atoms with Gasteiger partial charge in [-0.1, -0.05) is 30.3 Å². The molecule has 2 aromatic heterocycles. The van der Waals surface area contributed by atoms with E-state index in [0.717, 1.165) is 27.7 Å². The van der Waals surface area contributed by atoms with Gasteiger partial charge in [0.15, 0.2) is 0 Å². The largest absolute Gasteiger partial charge is 0.360 e. The molecule has 1 aromatic carbocycles. The second-order valence-corrected chi connectivity index (χ2v) is 5.93. The highest BCUT2D eigenvalue weighted by atomic mass is 32.1. The van der Waals surface area contributed by atoms with Crippen LogP contribution in [0.5, 0.6) is 0 Å². The molecule has 0 atom stereocenters. The fourth-order valence-electron chi connectivity index (χ4n) is 2.07. The summed E-state index contributed by atoms with van der Waals surface area (Å²) in [6.45, 7) is 1.84. The maximum atomic E-state index is 12.0. The lowest BCUT2D eigenvalue weighted by molar-refractivity contribution is -0.120. The normalized spacial score (nSPS) is 11.4.